The summed E-state index contributed by atoms with van der Waals surface area (Å²) in [5, 5.41) is 3.78. The standard InChI is InChI=1S/C28H28Cl2N2O2S/c1-3-34-27(33)24-17(2)31-28-32(26(24)21-10-7-11-22(29)25(21)30)23(16-35-28)20-14-12-19(13-15-20)18-8-5-4-6-9-18/h7,10-16,18,26H,3-6,8-9H2,1-2H3/t26-/m1/s1. The van der Waals surface area contributed by atoms with Crippen molar-refractivity contribution in [2.75, 3.05) is 6.61 Å². The Balaban J connectivity index is 1.56. The minimum Gasteiger partial charge on any atom is -0.463 e. The third kappa shape index (κ3) is 4.66. The summed E-state index contributed by atoms with van der Waals surface area (Å²) in [6.45, 7) is 3.93. The van der Waals surface area contributed by atoms with Crippen LogP contribution < -0.4 is 0 Å². The van der Waals surface area contributed by atoms with E-state index >= 15 is 0 Å². The highest BCUT2D eigenvalue weighted by Gasteiger charge is 2.42. The molecule has 35 heavy (non-hydrogen) atoms. The zero-order valence-corrected chi connectivity index (χ0v) is 22.2. The van der Waals surface area contributed by atoms with E-state index in [9.17, 15) is 4.79 Å². The SMILES string of the molecule is CCOC(=O)C1=C(C)N=C2SC=C(c3ccc(C4CCCCC4)cc3)N2[C@@H]1c1cccc(Cl)c1Cl. The van der Waals surface area contributed by atoms with Gasteiger partial charge < -0.3 is 9.64 Å². The maximum atomic E-state index is 13.2. The normalized spacial score (nSPS) is 20.5. The molecule has 182 valence electrons. The van der Waals surface area contributed by atoms with Gasteiger partial charge >= 0.3 is 5.97 Å². The van der Waals surface area contributed by atoms with E-state index in [1.54, 1.807) is 24.8 Å². The Morgan fingerprint density at radius 2 is 1.86 bits per heavy atom. The predicted molar refractivity (Wildman–Crippen MR) is 146 cm³/mol. The zero-order chi connectivity index (χ0) is 24.5. The van der Waals surface area contributed by atoms with Crippen LogP contribution in [0.15, 0.2) is 64.1 Å². The Labute approximate surface area is 221 Å². The molecule has 0 amide bonds. The van der Waals surface area contributed by atoms with Crippen LogP contribution in [0.1, 0.15) is 74.6 Å². The average molecular weight is 528 g/mol. The number of allylic oxidation sites excluding steroid dienone is 1. The summed E-state index contributed by atoms with van der Waals surface area (Å²) in [4.78, 5) is 20.0. The minimum absolute atomic E-state index is 0.280. The number of hydrogen-bond donors (Lipinski definition) is 0. The van der Waals surface area contributed by atoms with Crippen molar-refractivity contribution in [1.29, 1.82) is 0 Å². The van der Waals surface area contributed by atoms with Crippen molar-refractivity contribution in [3.8, 4) is 0 Å². The second kappa shape index (κ2) is 10.4. The summed E-state index contributed by atoms with van der Waals surface area (Å²) in [6, 6.07) is 13.9. The second-order valence-corrected chi connectivity index (χ2v) is 10.7. The van der Waals surface area contributed by atoms with Crippen LogP contribution >= 0.6 is 35.0 Å². The van der Waals surface area contributed by atoms with Crippen LogP contribution in [0, 0.1) is 0 Å². The van der Waals surface area contributed by atoms with Gasteiger partial charge in [0, 0.05) is 5.41 Å². The number of amidine groups is 1. The molecule has 0 radical (unpaired) electrons. The molecule has 2 aromatic rings. The Hall–Kier alpha value is -2.21. The van der Waals surface area contributed by atoms with Gasteiger partial charge in [0.1, 0.15) is 0 Å². The number of esters is 1. The lowest BCUT2D eigenvalue weighted by Crippen LogP contribution is -2.36. The maximum Gasteiger partial charge on any atom is 0.338 e. The fourth-order valence-electron chi connectivity index (χ4n) is 5.25. The molecule has 1 fully saturated rings. The number of nitrogens with zero attached hydrogens (tertiary/aromatic N) is 2. The number of benzene rings is 2. The molecule has 5 rings (SSSR count). The van der Waals surface area contributed by atoms with Crippen molar-refractivity contribution in [3.63, 3.8) is 0 Å². The highest BCUT2D eigenvalue weighted by atomic mass is 35.5. The number of ether oxygens (including phenoxy) is 1. The summed E-state index contributed by atoms with van der Waals surface area (Å²) in [7, 11) is 0. The van der Waals surface area contributed by atoms with Gasteiger partial charge in [-0.05, 0) is 55.4 Å². The summed E-state index contributed by atoms with van der Waals surface area (Å²) >= 11 is 14.7. The summed E-state index contributed by atoms with van der Waals surface area (Å²) in [5.74, 6) is 0.258. The Bertz CT molecular complexity index is 1230. The van der Waals surface area contributed by atoms with Crippen molar-refractivity contribution in [3.05, 3.63) is 85.9 Å². The molecule has 0 bridgehead atoms. The minimum atomic E-state index is -0.493. The maximum absolute atomic E-state index is 13.2. The van der Waals surface area contributed by atoms with Crippen molar-refractivity contribution < 1.29 is 9.53 Å². The first-order valence-corrected chi connectivity index (χ1v) is 13.8. The molecular formula is C28H28Cl2N2O2S. The lowest BCUT2D eigenvalue weighted by atomic mass is 9.84. The Morgan fingerprint density at radius 3 is 2.57 bits per heavy atom. The lowest BCUT2D eigenvalue weighted by Gasteiger charge is -2.37. The van der Waals surface area contributed by atoms with E-state index in [1.165, 1.54) is 37.7 Å². The summed E-state index contributed by atoms with van der Waals surface area (Å²) in [6.07, 6.45) is 6.50. The van der Waals surface area contributed by atoms with Crippen LogP contribution in [-0.2, 0) is 9.53 Å². The van der Waals surface area contributed by atoms with Gasteiger partial charge in [-0.3, -0.25) is 0 Å². The molecule has 1 aliphatic carbocycles. The molecule has 1 saturated carbocycles. The van der Waals surface area contributed by atoms with Gasteiger partial charge in [-0.1, -0.05) is 90.6 Å². The van der Waals surface area contributed by atoms with E-state index in [1.807, 2.05) is 19.1 Å². The zero-order valence-electron chi connectivity index (χ0n) is 19.9. The molecule has 0 N–H and O–H groups in total. The fraction of sp³-hybridized carbons (Fsp3) is 0.357. The van der Waals surface area contributed by atoms with E-state index in [-0.39, 0.29) is 6.61 Å². The third-order valence-electron chi connectivity index (χ3n) is 6.98. The molecular weight excluding hydrogens is 499 g/mol. The molecule has 2 heterocycles. The van der Waals surface area contributed by atoms with Crippen LogP contribution in [0.2, 0.25) is 10.0 Å². The van der Waals surface area contributed by atoms with E-state index in [0.29, 0.717) is 27.2 Å². The first-order valence-electron chi connectivity index (χ1n) is 12.2. The second-order valence-electron chi connectivity index (χ2n) is 9.11. The average Bonchev–Trinajstić information content (AvgIpc) is 3.29. The number of fused-ring (bicyclic) bond motifs is 1. The Morgan fingerprint density at radius 1 is 1.11 bits per heavy atom. The van der Waals surface area contributed by atoms with Gasteiger partial charge in [-0.15, -0.1) is 0 Å². The van der Waals surface area contributed by atoms with Crippen LogP contribution in [0.4, 0.5) is 0 Å². The third-order valence-corrected chi connectivity index (χ3v) is 8.65. The molecule has 3 aliphatic rings. The monoisotopic (exact) mass is 526 g/mol. The molecule has 0 saturated heterocycles. The lowest BCUT2D eigenvalue weighted by molar-refractivity contribution is -0.139. The van der Waals surface area contributed by atoms with Gasteiger partial charge in [0.15, 0.2) is 5.17 Å². The van der Waals surface area contributed by atoms with E-state index < -0.39 is 12.0 Å². The van der Waals surface area contributed by atoms with Crippen LogP contribution in [0.5, 0.6) is 0 Å². The molecule has 1 atom stereocenters. The van der Waals surface area contributed by atoms with E-state index in [0.717, 1.165) is 22.0 Å². The van der Waals surface area contributed by atoms with Crippen LogP contribution in [0.3, 0.4) is 0 Å². The van der Waals surface area contributed by atoms with Gasteiger partial charge in [-0.25, -0.2) is 9.79 Å². The van der Waals surface area contributed by atoms with E-state index in [2.05, 4.69) is 34.6 Å². The van der Waals surface area contributed by atoms with Crippen molar-refractivity contribution in [2.45, 2.75) is 57.9 Å². The molecule has 2 aromatic carbocycles. The van der Waals surface area contributed by atoms with Crippen LogP contribution in [-0.4, -0.2) is 22.6 Å². The van der Waals surface area contributed by atoms with Crippen molar-refractivity contribution in [2.24, 2.45) is 4.99 Å². The van der Waals surface area contributed by atoms with Gasteiger partial charge in [0.2, 0.25) is 0 Å². The number of rotatable bonds is 5. The highest BCUT2D eigenvalue weighted by Crippen LogP contribution is 2.49. The summed E-state index contributed by atoms with van der Waals surface area (Å²) < 4.78 is 5.45. The van der Waals surface area contributed by atoms with Gasteiger partial charge in [-0.2, -0.15) is 0 Å². The molecule has 4 nitrogen and oxygen atoms in total. The smallest absolute Gasteiger partial charge is 0.338 e. The topological polar surface area (TPSA) is 41.9 Å². The first-order chi connectivity index (χ1) is 17.0. The number of aliphatic imine (C=N–C) groups is 1. The van der Waals surface area contributed by atoms with Crippen LogP contribution in [0.25, 0.3) is 5.70 Å². The number of halogens is 2. The number of thioether (sulfide) groups is 1. The molecule has 2 aliphatic heterocycles. The number of hydrogen-bond acceptors (Lipinski definition) is 5. The van der Waals surface area contributed by atoms with Gasteiger partial charge in [0.05, 0.1) is 39.7 Å². The quantitative estimate of drug-likeness (QED) is 0.367. The predicted octanol–water partition coefficient (Wildman–Crippen LogP) is 8.34. The van der Waals surface area contributed by atoms with Crippen molar-refractivity contribution >= 4 is 51.8 Å². The number of carbonyl (C=O) groups is 1. The largest absolute Gasteiger partial charge is 0.463 e. The summed E-state index contributed by atoms with van der Waals surface area (Å²) in [5.41, 5.74) is 5.33. The molecule has 0 spiro atoms. The first kappa shape index (κ1) is 24.5. The van der Waals surface area contributed by atoms with Crippen molar-refractivity contribution in [1.82, 2.24) is 4.90 Å². The van der Waals surface area contributed by atoms with E-state index in [4.69, 9.17) is 32.9 Å². The highest BCUT2D eigenvalue weighted by molar-refractivity contribution is 8.16. The molecule has 0 unspecified atom stereocenters. The molecule has 7 heteroatoms. The Kier molecular flexibility index (Phi) is 7.29. The molecule has 0 aromatic heterocycles. The van der Waals surface area contributed by atoms with Gasteiger partial charge in [0.25, 0.3) is 0 Å². The fourth-order valence-corrected chi connectivity index (χ4v) is 6.63. The number of carbonyl (C=O) groups excluding carboxylic acids is 1.